The molecule has 1 N–H and O–H groups in total. The van der Waals surface area contributed by atoms with Gasteiger partial charge in [0.1, 0.15) is 0 Å². The molecule has 1 aromatic heterocycles. The first kappa shape index (κ1) is 20.5. The van der Waals surface area contributed by atoms with E-state index in [0.717, 1.165) is 40.1 Å². The molecule has 0 aliphatic carbocycles. The highest BCUT2D eigenvalue weighted by Crippen LogP contribution is 2.32. The topological polar surface area (TPSA) is 49.0 Å². The molecule has 0 unspecified atom stereocenters. The molecule has 0 atom stereocenters. The van der Waals surface area contributed by atoms with E-state index in [2.05, 4.69) is 34.5 Å². The minimum absolute atomic E-state index is 0.0306. The number of hydrogen-bond donors (Lipinski definition) is 1. The van der Waals surface area contributed by atoms with Crippen LogP contribution < -0.4 is 0 Å². The third kappa shape index (κ3) is 4.19. The lowest BCUT2D eigenvalue weighted by Gasteiger charge is -2.29. The highest BCUT2D eigenvalue weighted by atomic mass is 35.5. The molecule has 0 radical (unpaired) electrons. The van der Waals surface area contributed by atoms with E-state index in [9.17, 15) is 4.79 Å². The van der Waals surface area contributed by atoms with E-state index in [1.807, 2.05) is 65.6 Å². The Labute approximate surface area is 192 Å². The molecule has 3 aromatic carbocycles. The highest BCUT2D eigenvalue weighted by molar-refractivity contribution is 6.30. The number of aromatic amines is 1. The summed E-state index contributed by atoms with van der Waals surface area (Å²) in [6.07, 6.45) is 1.21. The zero-order valence-electron chi connectivity index (χ0n) is 17.7. The average molecular weight is 442 g/mol. The van der Waals surface area contributed by atoms with Gasteiger partial charge in [0.05, 0.1) is 5.69 Å². The van der Waals surface area contributed by atoms with E-state index in [4.69, 9.17) is 11.6 Å². The maximum atomic E-state index is 13.5. The number of carbonyl (C=O) groups excluding carboxylic acids is 1. The molecule has 2 heterocycles. The number of benzene rings is 3. The maximum Gasteiger partial charge on any atom is 0.223 e. The molecule has 5 heteroatoms. The van der Waals surface area contributed by atoms with Crippen molar-refractivity contribution in [3.05, 3.63) is 112 Å². The van der Waals surface area contributed by atoms with E-state index >= 15 is 0 Å². The number of halogens is 1. The lowest BCUT2D eigenvalue weighted by molar-refractivity contribution is -0.132. The number of rotatable bonds is 5. The molecular weight excluding hydrogens is 418 g/mol. The summed E-state index contributed by atoms with van der Waals surface area (Å²) in [4.78, 5) is 15.4. The minimum Gasteiger partial charge on any atom is -0.338 e. The zero-order valence-corrected chi connectivity index (χ0v) is 18.4. The summed E-state index contributed by atoms with van der Waals surface area (Å²) in [5, 5.41) is 8.38. The first-order chi connectivity index (χ1) is 15.7. The predicted octanol–water partition coefficient (Wildman–Crippen LogP) is 5.84. The molecular formula is C27H24ClN3O. The molecule has 0 spiro atoms. The molecule has 1 aliphatic rings. The van der Waals surface area contributed by atoms with Gasteiger partial charge in [-0.25, -0.2) is 0 Å². The summed E-state index contributed by atoms with van der Waals surface area (Å²) in [7, 11) is 0. The Kier molecular flexibility index (Phi) is 5.78. The van der Waals surface area contributed by atoms with Crippen LogP contribution in [0.15, 0.2) is 84.9 Å². The van der Waals surface area contributed by atoms with Crippen molar-refractivity contribution in [1.29, 1.82) is 0 Å². The summed E-state index contributed by atoms with van der Waals surface area (Å²) in [5.41, 5.74) is 6.35. The van der Waals surface area contributed by atoms with Crippen LogP contribution in [-0.4, -0.2) is 27.5 Å². The fraction of sp³-hybridized carbons (Fsp3) is 0.185. The highest BCUT2D eigenvalue weighted by Gasteiger charge is 2.28. The van der Waals surface area contributed by atoms with Crippen LogP contribution in [0.5, 0.6) is 0 Å². The molecule has 1 aliphatic heterocycles. The minimum atomic E-state index is 0.0306. The van der Waals surface area contributed by atoms with Gasteiger partial charge in [-0.3, -0.25) is 9.89 Å². The van der Waals surface area contributed by atoms with Crippen molar-refractivity contribution in [2.24, 2.45) is 0 Å². The predicted molar refractivity (Wildman–Crippen MR) is 127 cm³/mol. The Morgan fingerprint density at radius 1 is 0.969 bits per heavy atom. The van der Waals surface area contributed by atoms with Gasteiger partial charge in [-0.15, -0.1) is 0 Å². The Bertz CT molecular complexity index is 1180. The Morgan fingerprint density at radius 3 is 2.31 bits per heavy atom. The summed E-state index contributed by atoms with van der Waals surface area (Å²) in [6.45, 7) is 1.25. The molecule has 1 amide bonds. The second-order valence-electron chi connectivity index (χ2n) is 8.18. The number of fused-ring (bicyclic) bond motifs is 1. The van der Waals surface area contributed by atoms with Crippen LogP contribution in [0.25, 0.3) is 11.3 Å². The van der Waals surface area contributed by atoms with Crippen molar-refractivity contribution in [3.8, 4) is 11.3 Å². The molecule has 32 heavy (non-hydrogen) atoms. The molecule has 0 saturated heterocycles. The normalized spacial score (nSPS) is 13.2. The van der Waals surface area contributed by atoms with Gasteiger partial charge in [-0.05, 0) is 23.3 Å². The van der Waals surface area contributed by atoms with Gasteiger partial charge >= 0.3 is 0 Å². The van der Waals surface area contributed by atoms with Crippen molar-refractivity contribution in [2.45, 2.75) is 25.3 Å². The van der Waals surface area contributed by atoms with Crippen LogP contribution in [0.4, 0.5) is 0 Å². The summed E-state index contributed by atoms with van der Waals surface area (Å²) < 4.78 is 0. The standard InChI is InChI=1S/C27H24ClN3O/c28-22-13-7-12-21(16-22)27-24-18-31(15-14-25(24)29-30-27)26(32)17-23(19-8-3-1-4-9-19)20-10-5-2-6-11-20/h1-13,16,23H,14-15,17-18H2,(H,29,30). The van der Waals surface area contributed by atoms with E-state index in [-0.39, 0.29) is 11.8 Å². The van der Waals surface area contributed by atoms with Gasteiger partial charge in [0.25, 0.3) is 0 Å². The van der Waals surface area contributed by atoms with E-state index in [1.54, 1.807) is 0 Å². The van der Waals surface area contributed by atoms with Crippen molar-refractivity contribution in [3.63, 3.8) is 0 Å². The van der Waals surface area contributed by atoms with Crippen molar-refractivity contribution >= 4 is 17.5 Å². The van der Waals surface area contributed by atoms with Gasteiger partial charge in [0, 0.05) is 53.7 Å². The summed E-state index contributed by atoms with van der Waals surface area (Å²) in [5.74, 6) is 0.189. The van der Waals surface area contributed by atoms with Crippen LogP contribution in [0.1, 0.15) is 34.7 Å². The molecule has 4 nitrogen and oxygen atoms in total. The van der Waals surface area contributed by atoms with Gasteiger partial charge in [0.15, 0.2) is 0 Å². The fourth-order valence-corrected chi connectivity index (χ4v) is 4.68. The van der Waals surface area contributed by atoms with Crippen molar-refractivity contribution in [2.75, 3.05) is 6.54 Å². The molecule has 0 bridgehead atoms. The number of nitrogens with zero attached hydrogens (tertiary/aromatic N) is 2. The first-order valence-electron chi connectivity index (χ1n) is 10.9. The van der Waals surface area contributed by atoms with Crippen molar-refractivity contribution in [1.82, 2.24) is 15.1 Å². The monoisotopic (exact) mass is 441 g/mol. The maximum absolute atomic E-state index is 13.5. The van der Waals surface area contributed by atoms with E-state index in [0.29, 0.717) is 24.5 Å². The van der Waals surface area contributed by atoms with Crippen LogP contribution in [-0.2, 0) is 17.8 Å². The fourth-order valence-electron chi connectivity index (χ4n) is 4.49. The number of aromatic nitrogens is 2. The van der Waals surface area contributed by atoms with Crippen LogP contribution in [0, 0.1) is 0 Å². The third-order valence-electron chi connectivity index (χ3n) is 6.17. The van der Waals surface area contributed by atoms with Gasteiger partial charge in [-0.1, -0.05) is 84.4 Å². The molecule has 4 aromatic rings. The number of carbonyl (C=O) groups is 1. The number of H-pyrrole nitrogens is 1. The summed E-state index contributed by atoms with van der Waals surface area (Å²) >= 11 is 6.20. The number of nitrogens with one attached hydrogen (secondary N) is 1. The van der Waals surface area contributed by atoms with Gasteiger partial charge in [-0.2, -0.15) is 5.10 Å². The van der Waals surface area contributed by atoms with Crippen LogP contribution in [0.2, 0.25) is 5.02 Å². The quantitative estimate of drug-likeness (QED) is 0.423. The van der Waals surface area contributed by atoms with Crippen LogP contribution in [0.3, 0.4) is 0 Å². The van der Waals surface area contributed by atoms with Gasteiger partial charge in [0.2, 0.25) is 5.91 Å². The second-order valence-corrected chi connectivity index (χ2v) is 8.62. The molecule has 0 fully saturated rings. The Hall–Kier alpha value is -3.37. The SMILES string of the molecule is O=C(CC(c1ccccc1)c1ccccc1)N1CCc2[nH]nc(-c3cccc(Cl)c3)c2C1. The lowest BCUT2D eigenvalue weighted by atomic mass is 9.88. The lowest BCUT2D eigenvalue weighted by Crippen LogP contribution is -2.36. The van der Waals surface area contributed by atoms with Crippen LogP contribution >= 0.6 is 11.6 Å². The molecule has 5 rings (SSSR count). The largest absolute Gasteiger partial charge is 0.338 e. The van der Waals surface area contributed by atoms with Crippen molar-refractivity contribution < 1.29 is 4.79 Å². The van der Waals surface area contributed by atoms with Gasteiger partial charge < -0.3 is 4.90 Å². The Morgan fingerprint density at radius 2 is 1.66 bits per heavy atom. The molecule has 160 valence electrons. The number of hydrogen-bond acceptors (Lipinski definition) is 2. The third-order valence-corrected chi connectivity index (χ3v) is 6.40. The number of amides is 1. The average Bonchev–Trinajstić information content (AvgIpc) is 3.27. The van der Waals surface area contributed by atoms with E-state index in [1.165, 1.54) is 0 Å². The second kappa shape index (κ2) is 9.01. The summed E-state index contributed by atoms with van der Waals surface area (Å²) in [6, 6.07) is 28.3. The van der Waals surface area contributed by atoms with E-state index < -0.39 is 0 Å². The zero-order chi connectivity index (χ0) is 21.9. The smallest absolute Gasteiger partial charge is 0.223 e. The first-order valence-corrected chi connectivity index (χ1v) is 11.3. The molecule has 0 saturated carbocycles. The Balaban J connectivity index is 1.39.